The zero-order valence-electron chi connectivity index (χ0n) is 11.3. The fraction of sp³-hybridized carbons (Fsp3) is 0.333. The molecule has 1 aliphatic heterocycles. The Bertz CT molecular complexity index is 694. The molecule has 5 nitrogen and oxygen atoms in total. The van der Waals surface area contributed by atoms with Crippen molar-refractivity contribution in [2.24, 2.45) is 0 Å². The SMILES string of the molecule is CC(C)(C(=O)O)c1ccc2cc3c(cc2n1)OCCO3. The van der Waals surface area contributed by atoms with E-state index in [1.54, 1.807) is 26.0 Å². The highest BCUT2D eigenvalue weighted by atomic mass is 16.6. The average molecular weight is 273 g/mol. The van der Waals surface area contributed by atoms with E-state index in [0.717, 1.165) is 5.39 Å². The highest BCUT2D eigenvalue weighted by Crippen LogP contribution is 2.34. The van der Waals surface area contributed by atoms with E-state index in [4.69, 9.17) is 9.47 Å². The summed E-state index contributed by atoms with van der Waals surface area (Å²) in [6.07, 6.45) is 0. The number of rotatable bonds is 2. The molecule has 0 radical (unpaired) electrons. The van der Waals surface area contributed by atoms with Gasteiger partial charge in [0.25, 0.3) is 0 Å². The number of carbonyl (C=O) groups is 1. The molecule has 104 valence electrons. The summed E-state index contributed by atoms with van der Waals surface area (Å²) in [5.41, 5.74) is 0.205. The van der Waals surface area contributed by atoms with Crippen LogP contribution in [0.4, 0.5) is 0 Å². The third-order valence-electron chi connectivity index (χ3n) is 3.53. The number of hydrogen-bond donors (Lipinski definition) is 1. The fourth-order valence-electron chi connectivity index (χ4n) is 2.12. The first-order valence-corrected chi connectivity index (χ1v) is 6.43. The van der Waals surface area contributed by atoms with Gasteiger partial charge >= 0.3 is 5.97 Å². The van der Waals surface area contributed by atoms with Crippen LogP contribution < -0.4 is 9.47 Å². The Kier molecular flexibility index (Phi) is 2.78. The summed E-state index contributed by atoms with van der Waals surface area (Å²) in [5, 5.41) is 10.2. The van der Waals surface area contributed by atoms with Gasteiger partial charge in [-0.15, -0.1) is 0 Å². The fourth-order valence-corrected chi connectivity index (χ4v) is 2.12. The largest absolute Gasteiger partial charge is 0.486 e. The van der Waals surface area contributed by atoms with E-state index in [0.29, 0.717) is 35.9 Å². The number of carboxylic acids is 1. The second kappa shape index (κ2) is 4.37. The quantitative estimate of drug-likeness (QED) is 0.909. The van der Waals surface area contributed by atoms with Crippen LogP contribution in [-0.4, -0.2) is 29.3 Å². The molecule has 1 N–H and O–H groups in total. The van der Waals surface area contributed by atoms with Crippen LogP contribution in [0.3, 0.4) is 0 Å². The summed E-state index contributed by atoms with van der Waals surface area (Å²) in [6.45, 7) is 4.33. The van der Waals surface area contributed by atoms with Gasteiger partial charge in [-0.05, 0) is 26.0 Å². The highest BCUT2D eigenvalue weighted by molar-refractivity contribution is 5.85. The first kappa shape index (κ1) is 12.7. The van der Waals surface area contributed by atoms with Crippen molar-refractivity contribution in [2.45, 2.75) is 19.3 Å². The molecule has 0 aliphatic carbocycles. The van der Waals surface area contributed by atoms with Crippen molar-refractivity contribution >= 4 is 16.9 Å². The highest BCUT2D eigenvalue weighted by Gasteiger charge is 2.31. The van der Waals surface area contributed by atoms with Gasteiger partial charge in [-0.3, -0.25) is 9.78 Å². The topological polar surface area (TPSA) is 68.7 Å². The van der Waals surface area contributed by atoms with E-state index in [1.165, 1.54) is 0 Å². The van der Waals surface area contributed by atoms with Crippen molar-refractivity contribution in [3.05, 3.63) is 30.0 Å². The van der Waals surface area contributed by atoms with Crippen LogP contribution in [0, 0.1) is 0 Å². The first-order valence-electron chi connectivity index (χ1n) is 6.43. The molecule has 3 rings (SSSR count). The zero-order chi connectivity index (χ0) is 14.3. The van der Waals surface area contributed by atoms with E-state index in [2.05, 4.69) is 4.98 Å². The van der Waals surface area contributed by atoms with Crippen molar-refractivity contribution in [3.63, 3.8) is 0 Å². The van der Waals surface area contributed by atoms with E-state index < -0.39 is 11.4 Å². The molecule has 0 spiro atoms. The third kappa shape index (κ3) is 1.95. The number of aliphatic carboxylic acids is 1. The zero-order valence-corrected chi connectivity index (χ0v) is 11.3. The van der Waals surface area contributed by atoms with E-state index in [9.17, 15) is 9.90 Å². The van der Waals surface area contributed by atoms with Gasteiger partial charge in [0.05, 0.1) is 11.2 Å². The normalized spacial score (nSPS) is 14.3. The van der Waals surface area contributed by atoms with Gasteiger partial charge in [0.15, 0.2) is 11.5 Å². The summed E-state index contributed by atoms with van der Waals surface area (Å²) in [7, 11) is 0. The summed E-state index contributed by atoms with van der Waals surface area (Å²) in [5.74, 6) is 0.458. The minimum absolute atomic E-state index is 0.513. The summed E-state index contributed by atoms with van der Waals surface area (Å²) in [4.78, 5) is 15.8. The molecule has 0 saturated heterocycles. The Labute approximate surface area is 116 Å². The molecule has 0 fully saturated rings. The van der Waals surface area contributed by atoms with Crippen molar-refractivity contribution < 1.29 is 19.4 Å². The lowest BCUT2D eigenvalue weighted by atomic mass is 9.88. The maximum absolute atomic E-state index is 11.3. The standard InChI is InChI=1S/C15H15NO4/c1-15(2,14(17)18)13-4-3-9-7-11-12(8-10(9)16-13)20-6-5-19-11/h3-4,7-8H,5-6H2,1-2H3,(H,17,18). The van der Waals surface area contributed by atoms with Gasteiger partial charge in [-0.25, -0.2) is 0 Å². The lowest BCUT2D eigenvalue weighted by Crippen LogP contribution is -2.29. The van der Waals surface area contributed by atoms with Gasteiger partial charge in [0.2, 0.25) is 0 Å². The maximum Gasteiger partial charge on any atom is 0.315 e. The number of pyridine rings is 1. The van der Waals surface area contributed by atoms with Gasteiger partial charge in [0, 0.05) is 11.5 Å². The molecular formula is C15H15NO4. The Hall–Kier alpha value is -2.30. The van der Waals surface area contributed by atoms with Gasteiger partial charge in [-0.2, -0.15) is 0 Å². The Morgan fingerprint density at radius 1 is 1.20 bits per heavy atom. The molecule has 0 bridgehead atoms. The minimum Gasteiger partial charge on any atom is -0.486 e. The smallest absolute Gasteiger partial charge is 0.315 e. The number of aromatic nitrogens is 1. The molecule has 0 saturated carbocycles. The lowest BCUT2D eigenvalue weighted by Gasteiger charge is -2.21. The third-order valence-corrected chi connectivity index (χ3v) is 3.53. The van der Waals surface area contributed by atoms with Gasteiger partial charge in [0.1, 0.15) is 18.6 Å². The molecule has 0 unspecified atom stereocenters. The molecule has 1 aliphatic rings. The van der Waals surface area contributed by atoms with Crippen LogP contribution >= 0.6 is 0 Å². The van der Waals surface area contributed by atoms with Gasteiger partial charge < -0.3 is 14.6 Å². The summed E-state index contributed by atoms with van der Waals surface area (Å²) in [6, 6.07) is 7.27. The molecule has 0 amide bonds. The molecule has 5 heteroatoms. The number of fused-ring (bicyclic) bond motifs is 2. The summed E-state index contributed by atoms with van der Waals surface area (Å²) >= 11 is 0. The van der Waals surface area contributed by atoms with E-state index >= 15 is 0 Å². The number of nitrogens with zero attached hydrogens (tertiary/aromatic N) is 1. The minimum atomic E-state index is -1.03. The lowest BCUT2D eigenvalue weighted by molar-refractivity contribution is -0.142. The number of benzene rings is 1. The Morgan fingerprint density at radius 3 is 2.50 bits per heavy atom. The average Bonchev–Trinajstić information content (AvgIpc) is 2.44. The van der Waals surface area contributed by atoms with Crippen LogP contribution in [0.25, 0.3) is 10.9 Å². The van der Waals surface area contributed by atoms with E-state index in [1.807, 2.05) is 12.1 Å². The van der Waals surface area contributed by atoms with Gasteiger partial charge in [-0.1, -0.05) is 6.07 Å². The Balaban J connectivity index is 2.14. The van der Waals surface area contributed by atoms with Crippen LogP contribution in [0.2, 0.25) is 0 Å². The maximum atomic E-state index is 11.3. The molecule has 1 aromatic carbocycles. The Morgan fingerprint density at radius 2 is 1.85 bits per heavy atom. The second-order valence-corrected chi connectivity index (χ2v) is 5.32. The first-order chi connectivity index (χ1) is 9.48. The second-order valence-electron chi connectivity index (χ2n) is 5.32. The molecule has 2 heterocycles. The molecular weight excluding hydrogens is 258 g/mol. The predicted octanol–water partition coefficient (Wildman–Crippen LogP) is 2.37. The van der Waals surface area contributed by atoms with Crippen LogP contribution in [0.1, 0.15) is 19.5 Å². The van der Waals surface area contributed by atoms with Crippen molar-refractivity contribution in [1.82, 2.24) is 4.98 Å². The van der Waals surface area contributed by atoms with Crippen molar-refractivity contribution in [2.75, 3.05) is 13.2 Å². The number of ether oxygens (including phenoxy) is 2. The van der Waals surface area contributed by atoms with Crippen molar-refractivity contribution in [3.8, 4) is 11.5 Å². The van der Waals surface area contributed by atoms with Crippen LogP contribution in [-0.2, 0) is 10.2 Å². The van der Waals surface area contributed by atoms with Crippen molar-refractivity contribution in [1.29, 1.82) is 0 Å². The molecule has 1 aromatic heterocycles. The molecule has 2 aromatic rings. The van der Waals surface area contributed by atoms with E-state index in [-0.39, 0.29) is 0 Å². The van der Waals surface area contributed by atoms with Crippen LogP contribution in [0.15, 0.2) is 24.3 Å². The summed E-state index contributed by atoms with van der Waals surface area (Å²) < 4.78 is 11.0. The number of carboxylic acid groups (broad SMARTS) is 1. The predicted molar refractivity (Wildman–Crippen MR) is 73.4 cm³/mol. The monoisotopic (exact) mass is 273 g/mol. The molecule has 20 heavy (non-hydrogen) atoms. The number of hydrogen-bond acceptors (Lipinski definition) is 4. The molecule has 0 atom stereocenters. The van der Waals surface area contributed by atoms with Crippen LogP contribution in [0.5, 0.6) is 11.5 Å².